The fourth-order valence-corrected chi connectivity index (χ4v) is 1.27. The minimum absolute atomic E-state index is 0.232. The summed E-state index contributed by atoms with van der Waals surface area (Å²) >= 11 is 0. The molecule has 4 heteroatoms. The molecule has 1 aliphatic carbocycles. The van der Waals surface area contributed by atoms with Crippen molar-refractivity contribution in [3.63, 3.8) is 0 Å². The summed E-state index contributed by atoms with van der Waals surface area (Å²) < 4.78 is 0. The molecule has 0 radical (unpaired) electrons. The molecular formula is C8H11NO3. The molecular weight excluding hydrogens is 158 g/mol. The number of rotatable bonds is 1. The Labute approximate surface area is 70.4 Å². The van der Waals surface area contributed by atoms with Crippen LogP contribution in [0.25, 0.3) is 0 Å². The third-order valence-corrected chi connectivity index (χ3v) is 1.96. The molecule has 0 fully saturated rings. The highest BCUT2D eigenvalue weighted by molar-refractivity contribution is 5.83. The van der Waals surface area contributed by atoms with Gasteiger partial charge in [0.05, 0.1) is 0 Å². The van der Waals surface area contributed by atoms with Gasteiger partial charge in [-0.3, -0.25) is 14.9 Å². The van der Waals surface area contributed by atoms with E-state index in [0.29, 0.717) is 25.7 Å². The summed E-state index contributed by atoms with van der Waals surface area (Å²) in [5, 5.41) is 10.4. The highest BCUT2D eigenvalue weighted by Crippen LogP contribution is 2.11. The predicted octanol–water partition coefficient (Wildman–Crippen LogP) is 1.33. The summed E-state index contributed by atoms with van der Waals surface area (Å²) in [4.78, 5) is 21.1. The number of ketones is 1. The van der Waals surface area contributed by atoms with E-state index in [1.165, 1.54) is 0 Å². The highest BCUT2D eigenvalue weighted by atomic mass is 16.6. The Kier molecular flexibility index (Phi) is 2.96. The molecule has 12 heavy (non-hydrogen) atoms. The molecule has 0 aromatic heterocycles. The van der Waals surface area contributed by atoms with Crippen LogP contribution in [-0.2, 0) is 4.79 Å². The van der Waals surface area contributed by atoms with Gasteiger partial charge in [-0.2, -0.15) is 0 Å². The second-order valence-electron chi connectivity index (χ2n) is 2.85. The first-order valence-corrected chi connectivity index (χ1v) is 4.03. The largest absolute Gasteiger partial charge is 0.292 e. The zero-order chi connectivity index (χ0) is 8.97. The van der Waals surface area contributed by atoms with Gasteiger partial charge in [-0.25, -0.2) is 0 Å². The fourth-order valence-electron chi connectivity index (χ4n) is 1.27. The molecule has 0 spiro atoms. The average molecular weight is 169 g/mol. The lowest BCUT2D eigenvalue weighted by Gasteiger charge is -2.08. The minimum atomic E-state index is -0.963. The lowest BCUT2D eigenvalue weighted by atomic mass is 10.0. The van der Waals surface area contributed by atoms with Crippen LogP contribution in [0.4, 0.5) is 0 Å². The van der Waals surface area contributed by atoms with Crippen molar-refractivity contribution in [1.82, 2.24) is 0 Å². The van der Waals surface area contributed by atoms with Crippen LogP contribution in [0.2, 0.25) is 0 Å². The van der Waals surface area contributed by atoms with Gasteiger partial charge < -0.3 is 0 Å². The van der Waals surface area contributed by atoms with Gasteiger partial charge >= 0.3 is 0 Å². The lowest BCUT2D eigenvalue weighted by molar-refractivity contribution is -0.508. The second-order valence-corrected chi connectivity index (χ2v) is 2.85. The topological polar surface area (TPSA) is 60.2 Å². The van der Waals surface area contributed by atoms with Gasteiger partial charge in [0.2, 0.25) is 5.78 Å². The molecule has 0 aliphatic heterocycles. The van der Waals surface area contributed by atoms with Crippen molar-refractivity contribution >= 4 is 5.78 Å². The monoisotopic (exact) mass is 169 g/mol. The first-order chi connectivity index (χ1) is 5.72. The molecule has 1 atom stereocenters. The van der Waals surface area contributed by atoms with E-state index in [4.69, 9.17) is 0 Å². The summed E-state index contributed by atoms with van der Waals surface area (Å²) in [5.74, 6) is -0.232. The molecule has 0 aromatic rings. The van der Waals surface area contributed by atoms with Crippen LogP contribution < -0.4 is 0 Å². The Morgan fingerprint density at radius 3 is 2.75 bits per heavy atom. The number of Topliss-reactive ketones (excluding diaryl/α,β-unsaturated/α-hetero) is 1. The van der Waals surface area contributed by atoms with Crippen molar-refractivity contribution in [1.29, 1.82) is 0 Å². The van der Waals surface area contributed by atoms with Gasteiger partial charge in [-0.05, 0) is 12.8 Å². The fraction of sp³-hybridized carbons (Fsp3) is 0.625. The Balaban J connectivity index is 2.64. The van der Waals surface area contributed by atoms with Gasteiger partial charge in [-0.15, -0.1) is 0 Å². The van der Waals surface area contributed by atoms with E-state index >= 15 is 0 Å². The summed E-state index contributed by atoms with van der Waals surface area (Å²) in [6.07, 6.45) is 5.75. The van der Waals surface area contributed by atoms with E-state index < -0.39 is 11.0 Å². The van der Waals surface area contributed by atoms with E-state index in [1.54, 1.807) is 0 Å². The molecule has 1 aliphatic rings. The minimum Gasteiger partial charge on any atom is -0.292 e. The molecule has 4 nitrogen and oxygen atoms in total. The van der Waals surface area contributed by atoms with Crippen molar-refractivity contribution in [3.05, 3.63) is 22.3 Å². The van der Waals surface area contributed by atoms with E-state index in [-0.39, 0.29) is 5.78 Å². The van der Waals surface area contributed by atoms with Crippen LogP contribution in [0.3, 0.4) is 0 Å². The van der Waals surface area contributed by atoms with Gasteiger partial charge in [0.25, 0.3) is 6.04 Å². The standard InChI is InChI=1S/C8H11NO3/c10-8-6-4-2-1-3-5-7(8)9(11)12/h1-2,7H,3-6H2/b2-1-/t7-/m0/s1. The van der Waals surface area contributed by atoms with Gasteiger partial charge in [0.15, 0.2) is 0 Å². The van der Waals surface area contributed by atoms with E-state index in [1.807, 2.05) is 12.2 Å². The third-order valence-electron chi connectivity index (χ3n) is 1.96. The summed E-state index contributed by atoms with van der Waals surface area (Å²) in [6.45, 7) is 0. The van der Waals surface area contributed by atoms with Crippen molar-refractivity contribution in [2.75, 3.05) is 0 Å². The van der Waals surface area contributed by atoms with Crippen LogP contribution in [-0.4, -0.2) is 16.7 Å². The average Bonchev–Trinajstić information content (AvgIpc) is 1.96. The van der Waals surface area contributed by atoms with Crippen LogP contribution in [0, 0.1) is 10.1 Å². The molecule has 0 bridgehead atoms. The van der Waals surface area contributed by atoms with Gasteiger partial charge in [0, 0.05) is 17.8 Å². The number of carbonyl (C=O) groups is 1. The Bertz CT molecular complexity index is 222. The molecule has 66 valence electrons. The Morgan fingerprint density at radius 2 is 2.08 bits per heavy atom. The van der Waals surface area contributed by atoms with Gasteiger partial charge in [-0.1, -0.05) is 12.2 Å². The molecule has 0 saturated heterocycles. The summed E-state index contributed by atoms with van der Waals surface area (Å²) in [5.41, 5.74) is 0. The molecule has 0 N–H and O–H groups in total. The van der Waals surface area contributed by atoms with Crippen LogP contribution in [0.5, 0.6) is 0 Å². The number of hydrogen-bond donors (Lipinski definition) is 0. The molecule has 0 saturated carbocycles. The quantitative estimate of drug-likeness (QED) is 0.338. The number of nitro groups is 1. The normalized spacial score (nSPS) is 27.3. The molecule has 0 amide bonds. The summed E-state index contributed by atoms with van der Waals surface area (Å²) in [7, 11) is 0. The van der Waals surface area contributed by atoms with Crippen LogP contribution >= 0.6 is 0 Å². The second kappa shape index (κ2) is 3.99. The smallest absolute Gasteiger partial charge is 0.270 e. The SMILES string of the molecule is O=C1CC/C=C\CC[C@@H]1[N+](=O)[O-]. The Hall–Kier alpha value is -1.19. The highest BCUT2D eigenvalue weighted by Gasteiger charge is 2.28. The maximum absolute atomic E-state index is 11.1. The maximum atomic E-state index is 11.1. The summed E-state index contributed by atoms with van der Waals surface area (Å²) in [6, 6.07) is -0.963. The van der Waals surface area contributed by atoms with Crippen LogP contribution in [0.1, 0.15) is 25.7 Å². The first-order valence-electron chi connectivity index (χ1n) is 4.03. The number of allylic oxidation sites excluding steroid dienone is 2. The number of nitrogens with zero attached hydrogens (tertiary/aromatic N) is 1. The molecule has 1 rings (SSSR count). The lowest BCUT2D eigenvalue weighted by Crippen LogP contribution is -2.29. The van der Waals surface area contributed by atoms with Crippen molar-refractivity contribution in [2.45, 2.75) is 31.7 Å². The Morgan fingerprint density at radius 1 is 1.42 bits per heavy atom. The van der Waals surface area contributed by atoms with E-state index in [9.17, 15) is 14.9 Å². The van der Waals surface area contributed by atoms with Crippen LogP contribution in [0.15, 0.2) is 12.2 Å². The van der Waals surface area contributed by atoms with Crippen molar-refractivity contribution in [3.8, 4) is 0 Å². The third kappa shape index (κ3) is 2.15. The van der Waals surface area contributed by atoms with Crippen molar-refractivity contribution in [2.24, 2.45) is 0 Å². The zero-order valence-electron chi connectivity index (χ0n) is 6.73. The van der Waals surface area contributed by atoms with E-state index in [0.717, 1.165) is 0 Å². The maximum Gasteiger partial charge on any atom is 0.270 e. The molecule has 0 heterocycles. The zero-order valence-corrected chi connectivity index (χ0v) is 6.73. The van der Waals surface area contributed by atoms with Crippen molar-refractivity contribution < 1.29 is 9.72 Å². The molecule has 0 unspecified atom stereocenters. The van der Waals surface area contributed by atoms with E-state index in [2.05, 4.69) is 0 Å². The molecule has 0 aromatic carbocycles. The first kappa shape index (κ1) is 8.90. The number of hydrogen-bond acceptors (Lipinski definition) is 3. The van der Waals surface area contributed by atoms with Gasteiger partial charge in [0.1, 0.15) is 0 Å². The predicted molar refractivity (Wildman–Crippen MR) is 43.4 cm³/mol. The number of carbonyl (C=O) groups excluding carboxylic acids is 1.